The van der Waals surface area contributed by atoms with E-state index in [2.05, 4.69) is 56.0 Å². The SMILES string of the molecule is Cc1c(C(C)(C)O[SiH2]C(C)(C)C)ccnc1Nc1ncc(C#N)s1. The highest BCUT2D eigenvalue weighted by molar-refractivity contribution is 7.16. The molecule has 2 rings (SSSR count). The lowest BCUT2D eigenvalue weighted by molar-refractivity contribution is 0.109. The minimum Gasteiger partial charge on any atom is -0.415 e. The van der Waals surface area contributed by atoms with Gasteiger partial charge in [-0.2, -0.15) is 5.26 Å². The summed E-state index contributed by atoms with van der Waals surface area (Å²) in [6, 6.07) is 4.11. The standard InChI is InChI=1S/C17H24N4OSSi/c1-11-13(17(5,6)22-24-16(2,3)4)7-8-19-14(11)21-15-20-10-12(9-18)23-15/h7-8,10H,24H2,1-6H3,(H,19,20,21). The summed E-state index contributed by atoms with van der Waals surface area (Å²) in [6.07, 6.45) is 3.35. The van der Waals surface area contributed by atoms with Gasteiger partial charge >= 0.3 is 0 Å². The average molecular weight is 361 g/mol. The van der Waals surface area contributed by atoms with E-state index in [1.54, 1.807) is 12.4 Å². The van der Waals surface area contributed by atoms with E-state index >= 15 is 0 Å². The van der Waals surface area contributed by atoms with Gasteiger partial charge in [-0.15, -0.1) is 0 Å². The normalized spacial score (nSPS) is 12.5. The molecule has 7 heteroatoms. The van der Waals surface area contributed by atoms with Gasteiger partial charge in [-0.25, -0.2) is 9.97 Å². The van der Waals surface area contributed by atoms with Crippen molar-refractivity contribution in [3.63, 3.8) is 0 Å². The molecule has 1 N–H and O–H groups in total. The Balaban J connectivity index is 2.25. The van der Waals surface area contributed by atoms with Crippen molar-refractivity contribution in [1.29, 1.82) is 5.26 Å². The number of anilines is 2. The van der Waals surface area contributed by atoms with Crippen LogP contribution in [-0.2, 0) is 10.0 Å². The number of rotatable bonds is 5. The molecular weight excluding hydrogens is 336 g/mol. The molecule has 0 fully saturated rings. The Morgan fingerprint density at radius 1 is 1.25 bits per heavy atom. The van der Waals surface area contributed by atoms with Crippen molar-refractivity contribution in [2.45, 2.75) is 52.2 Å². The van der Waals surface area contributed by atoms with E-state index in [1.807, 2.05) is 13.0 Å². The Kier molecular flexibility index (Phi) is 5.43. The maximum Gasteiger partial charge on any atom is 0.189 e. The van der Waals surface area contributed by atoms with Crippen molar-refractivity contribution >= 4 is 32.0 Å². The lowest BCUT2D eigenvalue weighted by Gasteiger charge is -2.32. The predicted octanol–water partition coefficient (Wildman–Crippen LogP) is 4.02. The fourth-order valence-corrected chi connectivity index (χ4v) is 3.84. The Bertz CT molecular complexity index is 759. The third kappa shape index (κ3) is 4.63. The first-order valence-corrected chi connectivity index (χ1v) is 9.95. The summed E-state index contributed by atoms with van der Waals surface area (Å²) in [5.41, 5.74) is 1.80. The first kappa shape index (κ1) is 18.6. The second-order valence-electron chi connectivity index (χ2n) is 7.46. The van der Waals surface area contributed by atoms with Gasteiger partial charge in [0.2, 0.25) is 0 Å². The molecule has 0 unspecified atom stereocenters. The number of hydrogen-bond donors (Lipinski definition) is 1. The number of nitrogens with zero attached hydrogens (tertiary/aromatic N) is 3. The van der Waals surface area contributed by atoms with Crippen molar-refractivity contribution in [3.8, 4) is 6.07 Å². The summed E-state index contributed by atoms with van der Waals surface area (Å²) >= 11 is 1.32. The van der Waals surface area contributed by atoms with E-state index in [0.29, 0.717) is 10.0 Å². The van der Waals surface area contributed by atoms with Crippen LogP contribution in [0.3, 0.4) is 0 Å². The Morgan fingerprint density at radius 2 is 1.96 bits per heavy atom. The zero-order valence-corrected chi connectivity index (χ0v) is 17.3. The summed E-state index contributed by atoms with van der Waals surface area (Å²) in [5.74, 6) is 0.750. The fourth-order valence-electron chi connectivity index (χ4n) is 2.27. The Labute approximate surface area is 150 Å². The second-order valence-corrected chi connectivity index (χ2v) is 11.2. The molecule has 0 aliphatic rings. The maximum absolute atomic E-state index is 8.91. The minimum atomic E-state index is -0.671. The molecule has 0 aliphatic heterocycles. The quantitative estimate of drug-likeness (QED) is 0.816. The van der Waals surface area contributed by atoms with Crippen LogP contribution in [0, 0.1) is 18.3 Å². The molecule has 0 bridgehead atoms. The molecular formula is C17H24N4OSSi. The fraction of sp³-hybridized carbons (Fsp3) is 0.471. The van der Waals surface area contributed by atoms with E-state index in [4.69, 9.17) is 9.69 Å². The van der Waals surface area contributed by atoms with Crippen molar-refractivity contribution in [2.24, 2.45) is 0 Å². The Morgan fingerprint density at radius 3 is 2.54 bits per heavy atom. The topological polar surface area (TPSA) is 70.8 Å². The van der Waals surface area contributed by atoms with Gasteiger partial charge in [-0.05, 0) is 43.0 Å². The van der Waals surface area contributed by atoms with E-state index in [-0.39, 0.29) is 10.6 Å². The highest BCUT2D eigenvalue weighted by Crippen LogP contribution is 2.33. The van der Waals surface area contributed by atoms with Crippen LogP contribution in [0.4, 0.5) is 10.9 Å². The van der Waals surface area contributed by atoms with Gasteiger partial charge in [0.15, 0.2) is 14.9 Å². The molecule has 2 heterocycles. The van der Waals surface area contributed by atoms with E-state index in [0.717, 1.165) is 16.9 Å². The molecule has 0 saturated heterocycles. The lowest BCUT2D eigenvalue weighted by atomic mass is 9.95. The molecule has 128 valence electrons. The molecule has 5 nitrogen and oxygen atoms in total. The molecule has 0 amide bonds. The number of hydrogen-bond acceptors (Lipinski definition) is 6. The van der Waals surface area contributed by atoms with Crippen LogP contribution in [0.5, 0.6) is 0 Å². The van der Waals surface area contributed by atoms with Crippen LogP contribution in [-0.4, -0.2) is 19.7 Å². The first-order valence-electron chi connectivity index (χ1n) is 7.85. The van der Waals surface area contributed by atoms with Crippen LogP contribution in [0.15, 0.2) is 18.5 Å². The van der Waals surface area contributed by atoms with Gasteiger partial charge in [-0.3, -0.25) is 0 Å². The van der Waals surface area contributed by atoms with Gasteiger partial charge in [0.1, 0.15) is 16.8 Å². The molecule has 0 radical (unpaired) electrons. The number of thiazole rings is 1. The summed E-state index contributed by atoms with van der Waals surface area (Å²) in [7, 11) is -0.671. The zero-order valence-electron chi connectivity index (χ0n) is 15.1. The molecule has 24 heavy (non-hydrogen) atoms. The van der Waals surface area contributed by atoms with Crippen LogP contribution in [0.2, 0.25) is 5.04 Å². The number of aromatic nitrogens is 2. The van der Waals surface area contributed by atoms with Crippen molar-refractivity contribution < 1.29 is 4.43 Å². The summed E-state index contributed by atoms with van der Waals surface area (Å²) in [6.45, 7) is 12.9. The molecule has 0 saturated carbocycles. The third-order valence-corrected chi connectivity index (χ3v) is 6.11. The van der Waals surface area contributed by atoms with Crippen LogP contribution in [0.25, 0.3) is 0 Å². The van der Waals surface area contributed by atoms with Crippen molar-refractivity contribution in [3.05, 3.63) is 34.5 Å². The largest absolute Gasteiger partial charge is 0.415 e. The first-order chi connectivity index (χ1) is 11.1. The molecule has 0 aliphatic carbocycles. The van der Waals surface area contributed by atoms with Gasteiger partial charge in [0, 0.05) is 6.20 Å². The minimum absolute atomic E-state index is 0.244. The summed E-state index contributed by atoms with van der Waals surface area (Å²) in [4.78, 5) is 9.20. The van der Waals surface area contributed by atoms with Crippen molar-refractivity contribution in [1.82, 2.24) is 9.97 Å². The number of nitrogens with one attached hydrogen (secondary N) is 1. The second kappa shape index (κ2) is 7.01. The van der Waals surface area contributed by atoms with Gasteiger partial charge < -0.3 is 9.74 Å². The molecule has 0 aromatic carbocycles. The number of nitriles is 1. The summed E-state index contributed by atoms with van der Waals surface area (Å²) < 4.78 is 6.31. The Hall–Kier alpha value is -1.75. The van der Waals surface area contributed by atoms with Gasteiger partial charge in [0.25, 0.3) is 0 Å². The smallest absolute Gasteiger partial charge is 0.189 e. The molecule has 0 spiro atoms. The maximum atomic E-state index is 8.91. The highest BCUT2D eigenvalue weighted by atomic mass is 32.1. The third-order valence-electron chi connectivity index (χ3n) is 3.56. The van der Waals surface area contributed by atoms with E-state index in [1.165, 1.54) is 11.3 Å². The monoisotopic (exact) mass is 360 g/mol. The highest BCUT2D eigenvalue weighted by Gasteiger charge is 2.27. The molecule has 0 atom stereocenters. The van der Waals surface area contributed by atoms with Crippen molar-refractivity contribution in [2.75, 3.05) is 5.32 Å². The van der Waals surface area contributed by atoms with Gasteiger partial charge in [0.05, 0.1) is 11.8 Å². The molecule has 2 aromatic rings. The zero-order chi connectivity index (χ0) is 18.0. The van der Waals surface area contributed by atoms with Crippen LogP contribution < -0.4 is 5.32 Å². The predicted molar refractivity (Wildman–Crippen MR) is 101 cm³/mol. The average Bonchev–Trinajstić information content (AvgIpc) is 2.94. The van der Waals surface area contributed by atoms with Crippen LogP contribution >= 0.6 is 11.3 Å². The lowest BCUT2D eigenvalue weighted by Crippen LogP contribution is -2.28. The molecule has 2 aromatic heterocycles. The van der Waals surface area contributed by atoms with E-state index in [9.17, 15) is 0 Å². The summed E-state index contributed by atoms with van der Waals surface area (Å²) in [5, 5.41) is 13.0. The van der Waals surface area contributed by atoms with Crippen LogP contribution in [0.1, 0.15) is 50.6 Å². The van der Waals surface area contributed by atoms with Gasteiger partial charge in [-0.1, -0.05) is 32.1 Å². The number of pyridine rings is 1. The van der Waals surface area contributed by atoms with E-state index < -0.39 is 9.76 Å².